The molecule has 0 saturated heterocycles. The van der Waals surface area contributed by atoms with E-state index < -0.39 is 10.0 Å². The molecule has 3 aromatic heterocycles. The van der Waals surface area contributed by atoms with Crippen LogP contribution in [0.1, 0.15) is 29.3 Å². The summed E-state index contributed by atoms with van der Waals surface area (Å²) in [4.78, 5) is 23.6. The van der Waals surface area contributed by atoms with Crippen molar-refractivity contribution in [1.82, 2.24) is 18.8 Å². The lowest BCUT2D eigenvalue weighted by molar-refractivity contribution is 0.397. The Bertz CT molecular complexity index is 1480. The summed E-state index contributed by atoms with van der Waals surface area (Å²) < 4.78 is 30.1. The Morgan fingerprint density at radius 3 is 2.77 bits per heavy atom. The van der Waals surface area contributed by atoms with E-state index in [4.69, 9.17) is 0 Å². The fraction of sp³-hybridized carbons (Fsp3) is 0.286. The van der Waals surface area contributed by atoms with E-state index in [1.807, 2.05) is 12.1 Å². The minimum Gasteiger partial charge on any atom is -0.296 e. The third-order valence-electron chi connectivity index (χ3n) is 5.90. The minimum absolute atomic E-state index is 0.00885. The number of sulfonamides is 1. The maximum Gasteiger partial charge on any atom is 0.262 e. The highest BCUT2D eigenvalue weighted by Crippen LogP contribution is 2.37. The van der Waals surface area contributed by atoms with Crippen molar-refractivity contribution in [3.05, 3.63) is 63.7 Å². The first-order valence-electron chi connectivity index (χ1n) is 9.89. The predicted octanol–water partition coefficient (Wildman–Crippen LogP) is 3.09. The molecule has 1 saturated carbocycles. The summed E-state index contributed by atoms with van der Waals surface area (Å²) in [5, 5.41) is 1.47. The van der Waals surface area contributed by atoms with Crippen LogP contribution in [0.3, 0.4) is 0 Å². The predicted molar refractivity (Wildman–Crippen MR) is 115 cm³/mol. The van der Waals surface area contributed by atoms with Gasteiger partial charge in [0.1, 0.15) is 9.73 Å². The number of hydrogen-bond donors (Lipinski definition) is 0. The number of pyridine rings is 1. The quantitative estimate of drug-likeness (QED) is 0.491. The van der Waals surface area contributed by atoms with E-state index in [1.54, 1.807) is 35.3 Å². The van der Waals surface area contributed by atoms with Gasteiger partial charge in [0.25, 0.3) is 5.56 Å². The zero-order valence-corrected chi connectivity index (χ0v) is 17.6. The number of fused-ring (bicyclic) bond motifs is 4. The smallest absolute Gasteiger partial charge is 0.262 e. The van der Waals surface area contributed by atoms with Crippen LogP contribution in [0.5, 0.6) is 0 Å². The second-order valence-electron chi connectivity index (χ2n) is 7.79. The van der Waals surface area contributed by atoms with Gasteiger partial charge in [-0.15, -0.1) is 11.3 Å². The number of aromatic nitrogens is 3. The Balaban J connectivity index is 1.43. The van der Waals surface area contributed by atoms with Crippen LogP contribution in [0.2, 0.25) is 0 Å². The van der Waals surface area contributed by atoms with E-state index in [9.17, 15) is 13.2 Å². The summed E-state index contributed by atoms with van der Waals surface area (Å²) in [7, 11) is -3.72. The molecule has 152 valence electrons. The van der Waals surface area contributed by atoms with Gasteiger partial charge in [0.15, 0.2) is 0 Å². The Hall–Kier alpha value is -2.62. The zero-order chi connectivity index (χ0) is 20.5. The van der Waals surface area contributed by atoms with E-state index in [2.05, 4.69) is 9.97 Å². The first-order chi connectivity index (χ1) is 14.5. The van der Waals surface area contributed by atoms with Gasteiger partial charge in [-0.3, -0.25) is 14.3 Å². The molecule has 0 radical (unpaired) electrons. The molecule has 6 rings (SSSR count). The van der Waals surface area contributed by atoms with Crippen LogP contribution in [0.15, 0.2) is 52.5 Å². The largest absolute Gasteiger partial charge is 0.296 e. The van der Waals surface area contributed by atoms with Gasteiger partial charge in [-0.2, -0.15) is 4.31 Å². The topological polar surface area (TPSA) is 85.2 Å². The molecule has 0 spiro atoms. The van der Waals surface area contributed by atoms with E-state index in [0.717, 1.165) is 28.7 Å². The molecule has 1 aliphatic heterocycles. The molecule has 0 amide bonds. The minimum atomic E-state index is -3.72. The molecule has 1 fully saturated rings. The van der Waals surface area contributed by atoms with E-state index in [-0.39, 0.29) is 23.0 Å². The Morgan fingerprint density at radius 1 is 1.10 bits per heavy atom. The molecule has 2 aliphatic rings. The average Bonchev–Trinajstić information content (AvgIpc) is 3.52. The van der Waals surface area contributed by atoms with Crippen LogP contribution in [-0.2, 0) is 23.0 Å². The van der Waals surface area contributed by atoms with Crippen molar-refractivity contribution >= 4 is 42.5 Å². The van der Waals surface area contributed by atoms with E-state index in [0.29, 0.717) is 28.7 Å². The van der Waals surface area contributed by atoms with Gasteiger partial charge in [0.05, 0.1) is 17.2 Å². The molecular formula is C21H18N4O3S2. The fourth-order valence-electron chi connectivity index (χ4n) is 4.21. The Kier molecular flexibility index (Phi) is 3.90. The fourth-order valence-corrected chi connectivity index (χ4v) is 7.06. The normalized spacial score (nSPS) is 17.5. The lowest BCUT2D eigenvalue weighted by Gasteiger charge is -2.26. The lowest BCUT2D eigenvalue weighted by atomic mass is 10.1. The monoisotopic (exact) mass is 438 g/mol. The van der Waals surface area contributed by atoms with Gasteiger partial charge in [-0.1, -0.05) is 18.2 Å². The molecule has 0 N–H and O–H groups in total. The third kappa shape index (κ3) is 2.65. The van der Waals surface area contributed by atoms with E-state index in [1.165, 1.54) is 15.6 Å². The molecule has 1 aromatic carbocycles. The number of nitrogens with zero attached hydrogens (tertiary/aromatic N) is 4. The van der Waals surface area contributed by atoms with Gasteiger partial charge < -0.3 is 0 Å². The van der Waals surface area contributed by atoms with Gasteiger partial charge in [-0.05, 0) is 37.0 Å². The van der Waals surface area contributed by atoms with Crippen molar-refractivity contribution in [3.8, 4) is 0 Å². The highest BCUT2D eigenvalue weighted by Gasteiger charge is 2.33. The SMILES string of the molecule is O=c1c2c3c(sc2ncn1C1CC1)CN(S(=O)(=O)c1cccc2cccnc12)CC3. The number of benzene rings is 1. The van der Waals surface area contributed by atoms with Crippen molar-refractivity contribution in [2.75, 3.05) is 6.54 Å². The van der Waals surface area contributed by atoms with Gasteiger partial charge in [-0.25, -0.2) is 13.4 Å². The van der Waals surface area contributed by atoms with Gasteiger partial charge in [0, 0.05) is 35.6 Å². The lowest BCUT2D eigenvalue weighted by Crippen LogP contribution is -2.35. The first kappa shape index (κ1) is 18.2. The van der Waals surface area contributed by atoms with Crippen molar-refractivity contribution in [1.29, 1.82) is 0 Å². The molecular weight excluding hydrogens is 420 g/mol. The van der Waals surface area contributed by atoms with Crippen molar-refractivity contribution in [3.63, 3.8) is 0 Å². The van der Waals surface area contributed by atoms with E-state index >= 15 is 0 Å². The molecule has 4 heterocycles. The molecule has 9 heteroatoms. The average molecular weight is 439 g/mol. The molecule has 0 unspecified atom stereocenters. The molecule has 4 aromatic rings. The van der Waals surface area contributed by atoms with Crippen LogP contribution in [0.25, 0.3) is 21.1 Å². The Morgan fingerprint density at radius 2 is 1.93 bits per heavy atom. The van der Waals surface area contributed by atoms with Crippen LogP contribution >= 0.6 is 11.3 Å². The van der Waals surface area contributed by atoms with Crippen LogP contribution in [0.4, 0.5) is 0 Å². The number of hydrogen-bond acceptors (Lipinski definition) is 6. The maximum atomic E-state index is 13.5. The Labute approximate surface area is 176 Å². The molecule has 0 atom stereocenters. The summed E-state index contributed by atoms with van der Waals surface area (Å²) >= 11 is 1.43. The number of rotatable bonds is 3. The van der Waals surface area contributed by atoms with Crippen molar-refractivity contribution in [2.24, 2.45) is 0 Å². The van der Waals surface area contributed by atoms with Crippen molar-refractivity contribution < 1.29 is 8.42 Å². The summed E-state index contributed by atoms with van der Waals surface area (Å²) in [5.74, 6) is 0. The molecule has 1 aliphatic carbocycles. The van der Waals surface area contributed by atoms with Gasteiger partial charge in [0.2, 0.25) is 10.0 Å². The maximum absolute atomic E-state index is 13.5. The summed E-state index contributed by atoms with van der Waals surface area (Å²) in [6.45, 7) is 0.590. The summed E-state index contributed by atoms with van der Waals surface area (Å²) in [6.07, 6.45) is 5.80. The second-order valence-corrected chi connectivity index (χ2v) is 10.8. The van der Waals surface area contributed by atoms with Gasteiger partial charge >= 0.3 is 0 Å². The molecule has 30 heavy (non-hydrogen) atoms. The van der Waals surface area contributed by atoms with Crippen LogP contribution in [-0.4, -0.2) is 33.8 Å². The highest BCUT2D eigenvalue weighted by molar-refractivity contribution is 7.89. The molecule has 7 nitrogen and oxygen atoms in total. The third-order valence-corrected chi connectivity index (χ3v) is 8.91. The second kappa shape index (κ2) is 6.44. The highest BCUT2D eigenvalue weighted by atomic mass is 32.2. The standard InChI is InChI=1S/C21H18N4O3S2/c26-21-18-15-8-10-24(11-16(15)29-20(18)23-12-25(21)14-6-7-14)30(27,28)17-5-1-3-13-4-2-9-22-19(13)17/h1-5,9,12,14H,6-8,10-11H2. The summed E-state index contributed by atoms with van der Waals surface area (Å²) in [6, 6.07) is 9.14. The number of para-hydroxylation sites is 1. The van der Waals surface area contributed by atoms with Crippen LogP contribution < -0.4 is 5.56 Å². The molecule has 0 bridgehead atoms. The zero-order valence-electron chi connectivity index (χ0n) is 16.0. The number of thiophene rings is 1. The van der Waals surface area contributed by atoms with Crippen LogP contribution in [0, 0.1) is 0 Å². The van der Waals surface area contributed by atoms with Crippen molar-refractivity contribution in [2.45, 2.75) is 36.7 Å². The first-order valence-corrected chi connectivity index (χ1v) is 12.1. The summed E-state index contributed by atoms with van der Waals surface area (Å²) in [5.41, 5.74) is 1.45.